The number of hydrogen-bond acceptors (Lipinski definition) is 4. The molecule has 4 nitrogen and oxygen atoms in total. The van der Waals surface area contributed by atoms with Crippen LogP contribution in [-0.2, 0) is 37.7 Å². The van der Waals surface area contributed by atoms with Crippen LogP contribution < -0.4 is 0 Å². The molecular weight excluding hydrogens is 925 g/mol. The maximum Gasteiger partial charge on any atom is 0.162 e. The summed E-state index contributed by atoms with van der Waals surface area (Å²) in [6.45, 7) is 27.2. The second-order valence-corrected chi connectivity index (χ2v) is 17.7. The van der Waals surface area contributed by atoms with E-state index in [0.29, 0.717) is 24.2 Å². The number of benzene rings is 4. The molecule has 0 atom stereocenters. The minimum Gasteiger partial charge on any atom is -0.512 e. The van der Waals surface area contributed by atoms with E-state index >= 15 is 0 Å². The van der Waals surface area contributed by atoms with E-state index in [9.17, 15) is 9.90 Å². The Morgan fingerprint density at radius 2 is 1.10 bits per heavy atom. The predicted octanol–water partition coefficient (Wildman–Crippen LogP) is 15.3. The number of aryl methyl sites for hydroxylation is 4. The van der Waals surface area contributed by atoms with Crippen LogP contribution in [0.3, 0.4) is 0 Å². The van der Waals surface area contributed by atoms with Gasteiger partial charge >= 0.3 is 0 Å². The fraction of sp³-hybridized carbons (Fsp3) is 0.411. The first-order valence-corrected chi connectivity index (χ1v) is 22.1. The molecule has 5 heteroatoms. The van der Waals surface area contributed by atoms with E-state index in [1.54, 1.807) is 0 Å². The summed E-state index contributed by atoms with van der Waals surface area (Å²) in [7, 11) is 0. The van der Waals surface area contributed by atoms with Gasteiger partial charge in [0.1, 0.15) is 5.76 Å². The zero-order valence-electron chi connectivity index (χ0n) is 41.1. The average molecular weight is 997 g/mol. The van der Waals surface area contributed by atoms with E-state index < -0.39 is 0 Å². The third-order valence-electron chi connectivity index (χ3n) is 11.5. The third-order valence-corrected chi connectivity index (χ3v) is 11.5. The Labute approximate surface area is 384 Å². The van der Waals surface area contributed by atoms with Crippen molar-refractivity contribution in [2.24, 2.45) is 23.2 Å². The molecule has 1 N–H and O–H groups in total. The summed E-state index contributed by atoms with van der Waals surface area (Å²) in [4.78, 5) is 20.8. The molecule has 0 amide bonds. The van der Waals surface area contributed by atoms with Gasteiger partial charge in [0, 0.05) is 49.9 Å². The van der Waals surface area contributed by atoms with Crippen molar-refractivity contribution in [3.8, 4) is 22.5 Å². The Morgan fingerprint density at radius 3 is 1.44 bits per heavy atom. The quantitative estimate of drug-likeness (QED) is 0.0711. The van der Waals surface area contributed by atoms with Gasteiger partial charge in [0.15, 0.2) is 5.78 Å². The second kappa shape index (κ2) is 23.7. The summed E-state index contributed by atoms with van der Waals surface area (Å²) >= 11 is 0. The first-order valence-electron chi connectivity index (χ1n) is 23.1. The minimum absolute atomic E-state index is 0. The van der Waals surface area contributed by atoms with Crippen molar-refractivity contribution < 1.29 is 32.7 Å². The third kappa shape index (κ3) is 14.3. The average Bonchev–Trinajstić information content (AvgIpc) is 3.19. The van der Waals surface area contributed by atoms with Crippen LogP contribution in [0.2, 0.25) is 0 Å². The molecular formula is C56H70IrN2O2-2. The topological polar surface area (TPSA) is 63.1 Å². The molecule has 2 aromatic heterocycles. The van der Waals surface area contributed by atoms with Crippen molar-refractivity contribution in [3.63, 3.8) is 0 Å². The Hall–Kier alpha value is -4.44. The Morgan fingerprint density at radius 1 is 0.689 bits per heavy atom. The molecule has 0 saturated heterocycles. The number of aromatic nitrogens is 2. The fourth-order valence-corrected chi connectivity index (χ4v) is 7.73. The van der Waals surface area contributed by atoms with Crippen LogP contribution in [0.1, 0.15) is 124 Å². The molecule has 0 unspecified atom stereocenters. The predicted molar refractivity (Wildman–Crippen MR) is 257 cm³/mol. The Bertz CT molecular complexity index is 2310. The molecule has 6 aromatic rings. The summed E-state index contributed by atoms with van der Waals surface area (Å²) in [6, 6.07) is 31.9. The van der Waals surface area contributed by atoms with Crippen molar-refractivity contribution in [2.45, 2.75) is 129 Å². The number of aliphatic hydroxyl groups is 1. The van der Waals surface area contributed by atoms with Crippen molar-refractivity contribution in [1.82, 2.24) is 9.97 Å². The number of ketones is 1. The van der Waals surface area contributed by atoms with E-state index in [2.05, 4.69) is 124 Å². The number of carbonyl (C=O) groups excluding carboxylic acids is 1. The molecule has 6 rings (SSSR count). The molecule has 0 spiro atoms. The number of fused-ring (bicyclic) bond motifs is 2. The van der Waals surface area contributed by atoms with Gasteiger partial charge in [0.05, 0.1) is 2.74 Å². The van der Waals surface area contributed by atoms with Crippen molar-refractivity contribution in [2.75, 3.05) is 0 Å². The number of rotatable bonds is 13. The second-order valence-electron chi connectivity index (χ2n) is 17.7. The molecule has 0 aliphatic heterocycles. The van der Waals surface area contributed by atoms with Gasteiger partial charge in [-0.15, -0.1) is 69.8 Å². The largest absolute Gasteiger partial charge is 0.512 e. The van der Waals surface area contributed by atoms with Gasteiger partial charge in [-0.2, -0.15) is 0 Å². The summed E-state index contributed by atoms with van der Waals surface area (Å²) < 4.78 is 16.1. The smallest absolute Gasteiger partial charge is 0.162 e. The van der Waals surface area contributed by atoms with Crippen molar-refractivity contribution in [3.05, 3.63) is 142 Å². The van der Waals surface area contributed by atoms with E-state index in [-0.39, 0.29) is 43.0 Å². The molecule has 1 radical (unpaired) electrons. The number of nitrogens with zero attached hydrogens (tertiary/aromatic N) is 2. The van der Waals surface area contributed by atoms with Gasteiger partial charge in [-0.05, 0) is 107 Å². The summed E-state index contributed by atoms with van der Waals surface area (Å²) in [6.07, 6.45) is 7.55. The van der Waals surface area contributed by atoms with E-state index in [4.69, 9.17) is 2.74 Å². The van der Waals surface area contributed by atoms with Gasteiger partial charge in [-0.25, -0.2) is 0 Å². The molecule has 0 aliphatic rings. The zero-order valence-corrected chi connectivity index (χ0v) is 41.5. The summed E-state index contributed by atoms with van der Waals surface area (Å²) in [5, 5.41) is 14.4. The Balaban J connectivity index is 0.000000255. The van der Waals surface area contributed by atoms with Crippen LogP contribution >= 0.6 is 0 Å². The number of hydrogen-bond donors (Lipinski definition) is 1. The van der Waals surface area contributed by atoms with Crippen LogP contribution in [0.5, 0.6) is 0 Å². The molecule has 0 saturated carbocycles. The molecule has 0 bridgehead atoms. The summed E-state index contributed by atoms with van der Waals surface area (Å²) in [5.41, 5.74) is 10.6. The molecule has 327 valence electrons. The SMILES string of the molecule is CCC(CC)C(=O)/C=C(\O)C(C)(CC)CC.[2H]c1cc2cc(CC(C)C)ccc2c(-c2[c-]c(C)cc(C)c2)n1.[2H]c1cc2cc(CC(C)C)ccc2c(-c2[c-]c(C)cc(C)c2)n1.[Ir]. The molecule has 0 fully saturated rings. The van der Waals surface area contributed by atoms with Crippen LogP contribution in [0, 0.1) is 63.0 Å². The molecule has 61 heavy (non-hydrogen) atoms. The van der Waals surface area contributed by atoms with Crippen molar-refractivity contribution >= 4 is 27.3 Å². The zero-order chi connectivity index (χ0) is 45.9. The van der Waals surface area contributed by atoms with Crippen LogP contribution in [0.25, 0.3) is 44.1 Å². The summed E-state index contributed by atoms with van der Waals surface area (Å²) in [5.74, 6) is 1.61. The van der Waals surface area contributed by atoms with Gasteiger partial charge in [0.25, 0.3) is 0 Å². The number of allylic oxidation sites excluding steroid dienone is 2. The number of aliphatic hydroxyl groups excluding tert-OH is 1. The standard InChI is InChI=1S/2C21H22N.C14H26O2.Ir/c2*1-14(2)9-17-5-6-20-18(13-17)7-8-22-21(20)19-11-15(3)10-16(4)12-19;1-6-11(7-2)12(15)10-13(16)14(5,8-3)9-4;/h2*5-8,10-11,13-14H,9H2,1-4H3;10-11,16H,6-9H2,1-5H3;/q2*-1;;/b;;13-10-;/i2*8D;;. The van der Waals surface area contributed by atoms with Crippen LogP contribution in [0.15, 0.2) is 97.0 Å². The normalized spacial score (nSPS) is 12.1. The molecule has 2 heterocycles. The Kier molecular flexibility index (Phi) is 18.5. The van der Waals surface area contributed by atoms with Gasteiger partial charge < -0.3 is 15.1 Å². The first kappa shape index (κ1) is 47.6. The molecule has 4 aromatic carbocycles. The maximum atomic E-state index is 11.9. The first-order chi connectivity index (χ1) is 29.3. The van der Waals surface area contributed by atoms with Gasteiger partial charge in [-0.3, -0.25) is 4.79 Å². The van der Waals surface area contributed by atoms with Gasteiger partial charge in [0.2, 0.25) is 0 Å². The van der Waals surface area contributed by atoms with E-state index in [0.717, 1.165) is 93.7 Å². The minimum atomic E-state index is -0.248. The van der Waals surface area contributed by atoms with E-state index in [1.165, 1.54) is 28.3 Å². The maximum absolute atomic E-state index is 11.9. The van der Waals surface area contributed by atoms with Gasteiger partial charge in [-0.1, -0.05) is 126 Å². The monoisotopic (exact) mass is 998 g/mol. The number of carbonyl (C=O) groups is 1. The van der Waals surface area contributed by atoms with E-state index in [1.807, 2.05) is 60.6 Å². The van der Waals surface area contributed by atoms with Crippen LogP contribution in [0.4, 0.5) is 0 Å². The number of pyridine rings is 2. The van der Waals surface area contributed by atoms with Crippen LogP contribution in [-0.4, -0.2) is 20.9 Å². The van der Waals surface area contributed by atoms with Crippen molar-refractivity contribution in [1.29, 1.82) is 0 Å². The molecule has 0 aliphatic carbocycles. The fourth-order valence-electron chi connectivity index (χ4n) is 7.73.